The van der Waals surface area contributed by atoms with Crippen LogP contribution in [0.3, 0.4) is 0 Å². The zero-order valence-electron chi connectivity index (χ0n) is 13.2. The molecule has 2 aromatic carbocycles. The Kier molecular flexibility index (Phi) is 4.17. The van der Waals surface area contributed by atoms with Crippen molar-refractivity contribution in [3.05, 3.63) is 68.7 Å². The molecule has 126 valence electrons. The lowest BCUT2D eigenvalue weighted by Gasteiger charge is -2.11. The van der Waals surface area contributed by atoms with E-state index in [-0.39, 0.29) is 23.0 Å². The zero-order chi connectivity index (χ0) is 18.0. The SMILES string of the molecule is CNC(=O)c1cc(Oc2ccc(Nc3c(N)c(=O)c3=O)cc2)ccn1. The predicted octanol–water partition coefficient (Wildman–Crippen LogP) is 1.16. The van der Waals surface area contributed by atoms with Crippen LogP contribution >= 0.6 is 0 Å². The summed E-state index contributed by atoms with van der Waals surface area (Å²) in [5.74, 6) is 0.675. The van der Waals surface area contributed by atoms with Crippen molar-refractivity contribution >= 4 is 23.0 Å². The van der Waals surface area contributed by atoms with Gasteiger partial charge in [-0.05, 0) is 30.3 Å². The second-order valence-corrected chi connectivity index (χ2v) is 5.15. The maximum atomic E-state index is 11.6. The summed E-state index contributed by atoms with van der Waals surface area (Å²) in [5, 5.41) is 5.28. The molecule has 0 aliphatic carbocycles. The third kappa shape index (κ3) is 3.18. The normalized spacial score (nSPS) is 10.4. The second-order valence-electron chi connectivity index (χ2n) is 5.15. The standard InChI is InChI=1S/C17H14N4O4/c1-19-17(24)12-8-11(6-7-20-12)25-10-4-2-9(3-5-10)21-14-13(18)15(22)16(14)23/h2-8,21H,18H2,1H3,(H,19,24). The average Bonchev–Trinajstić information content (AvgIpc) is 2.66. The smallest absolute Gasteiger partial charge is 0.269 e. The molecule has 0 bridgehead atoms. The van der Waals surface area contributed by atoms with E-state index < -0.39 is 10.9 Å². The number of nitrogens with one attached hydrogen (secondary N) is 2. The first-order valence-corrected chi connectivity index (χ1v) is 7.31. The van der Waals surface area contributed by atoms with Crippen LogP contribution in [0, 0.1) is 0 Å². The van der Waals surface area contributed by atoms with Crippen LogP contribution in [-0.4, -0.2) is 17.9 Å². The van der Waals surface area contributed by atoms with Gasteiger partial charge in [0, 0.05) is 25.0 Å². The summed E-state index contributed by atoms with van der Waals surface area (Å²) in [6, 6.07) is 9.84. The molecule has 0 fully saturated rings. The molecule has 1 amide bonds. The van der Waals surface area contributed by atoms with E-state index >= 15 is 0 Å². The molecule has 0 saturated carbocycles. The van der Waals surface area contributed by atoms with Crippen LogP contribution in [0.25, 0.3) is 0 Å². The van der Waals surface area contributed by atoms with Crippen molar-refractivity contribution < 1.29 is 9.53 Å². The van der Waals surface area contributed by atoms with Crippen molar-refractivity contribution in [2.75, 3.05) is 18.1 Å². The largest absolute Gasteiger partial charge is 0.457 e. The summed E-state index contributed by atoms with van der Waals surface area (Å²) in [6.07, 6.45) is 1.48. The van der Waals surface area contributed by atoms with Gasteiger partial charge in [-0.25, -0.2) is 0 Å². The van der Waals surface area contributed by atoms with Crippen molar-refractivity contribution in [2.24, 2.45) is 0 Å². The molecule has 8 nitrogen and oxygen atoms in total. The molecule has 0 aliphatic rings. The van der Waals surface area contributed by atoms with Gasteiger partial charge in [0.05, 0.1) is 0 Å². The fourth-order valence-corrected chi connectivity index (χ4v) is 2.15. The molecule has 8 heteroatoms. The quantitative estimate of drug-likeness (QED) is 0.596. The first-order chi connectivity index (χ1) is 12.0. The topological polar surface area (TPSA) is 123 Å². The van der Waals surface area contributed by atoms with Gasteiger partial charge in [-0.2, -0.15) is 0 Å². The molecule has 3 rings (SSSR count). The number of carbonyl (C=O) groups is 1. The fraction of sp³-hybridized carbons (Fsp3) is 0.0588. The maximum absolute atomic E-state index is 11.6. The summed E-state index contributed by atoms with van der Waals surface area (Å²) in [7, 11) is 1.52. The van der Waals surface area contributed by atoms with Crippen molar-refractivity contribution in [3.8, 4) is 11.5 Å². The van der Waals surface area contributed by atoms with E-state index in [1.165, 1.54) is 19.3 Å². The number of hydrogen-bond donors (Lipinski definition) is 3. The van der Waals surface area contributed by atoms with Crippen LogP contribution < -0.4 is 32.0 Å². The number of pyridine rings is 1. The Morgan fingerprint density at radius 1 is 1.08 bits per heavy atom. The summed E-state index contributed by atoms with van der Waals surface area (Å²) >= 11 is 0. The van der Waals surface area contributed by atoms with Gasteiger partial charge in [0.2, 0.25) is 0 Å². The minimum Gasteiger partial charge on any atom is -0.457 e. The van der Waals surface area contributed by atoms with Gasteiger partial charge < -0.3 is 21.1 Å². The number of nitrogens with two attached hydrogens (primary N) is 1. The molecular formula is C17H14N4O4. The minimum absolute atomic E-state index is 0.0659. The lowest BCUT2D eigenvalue weighted by atomic mass is 10.2. The van der Waals surface area contributed by atoms with Crippen molar-refractivity contribution in [3.63, 3.8) is 0 Å². The van der Waals surface area contributed by atoms with Gasteiger partial charge in [-0.1, -0.05) is 0 Å². The Morgan fingerprint density at radius 2 is 1.80 bits per heavy atom. The zero-order valence-corrected chi connectivity index (χ0v) is 13.2. The van der Waals surface area contributed by atoms with E-state index in [0.717, 1.165) is 0 Å². The summed E-state index contributed by atoms with van der Waals surface area (Å²) in [4.78, 5) is 38.0. The Hall–Kier alpha value is -3.68. The van der Waals surface area contributed by atoms with Crippen molar-refractivity contribution in [1.82, 2.24) is 10.3 Å². The number of hydrogen-bond acceptors (Lipinski definition) is 7. The van der Waals surface area contributed by atoms with Crippen LogP contribution in [0.4, 0.5) is 17.1 Å². The number of carbonyl (C=O) groups excluding carboxylic acids is 1. The lowest BCUT2D eigenvalue weighted by molar-refractivity contribution is 0.0958. The van der Waals surface area contributed by atoms with Gasteiger partial charge in [0.15, 0.2) is 0 Å². The molecular weight excluding hydrogens is 324 g/mol. The van der Waals surface area contributed by atoms with E-state index in [9.17, 15) is 14.4 Å². The highest BCUT2D eigenvalue weighted by Crippen LogP contribution is 2.25. The van der Waals surface area contributed by atoms with Gasteiger partial charge in [-0.3, -0.25) is 19.4 Å². The van der Waals surface area contributed by atoms with Gasteiger partial charge in [0.1, 0.15) is 28.6 Å². The monoisotopic (exact) mass is 338 g/mol. The van der Waals surface area contributed by atoms with E-state index in [4.69, 9.17) is 10.5 Å². The molecule has 0 spiro atoms. The van der Waals surface area contributed by atoms with Crippen LogP contribution in [0.1, 0.15) is 10.5 Å². The van der Waals surface area contributed by atoms with Crippen LogP contribution in [0.2, 0.25) is 0 Å². The van der Waals surface area contributed by atoms with Crippen molar-refractivity contribution in [1.29, 1.82) is 0 Å². The molecule has 0 atom stereocenters. The molecule has 1 aromatic heterocycles. The third-order valence-corrected chi connectivity index (χ3v) is 3.50. The highest BCUT2D eigenvalue weighted by Gasteiger charge is 2.17. The fourth-order valence-electron chi connectivity index (χ4n) is 2.15. The van der Waals surface area contributed by atoms with E-state index in [2.05, 4.69) is 15.6 Å². The molecule has 1 heterocycles. The molecule has 4 N–H and O–H groups in total. The molecule has 25 heavy (non-hydrogen) atoms. The van der Waals surface area contributed by atoms with Gasteiger partial charge in [-0.15, -0.1) is 0 Å². The van der Waals surface area contributed by atoms with Gasteiger partial charge >= 0.3 is 0 Å². The average molecular weight is 338 g/mol. The number of benzene rings is 1. The van der Waals surface area contributed by atoms with Crippen molar-refractivity contribution in [2.45, 2.75) is 0 Å². The first kappa shape index (κ1) is 16.2. The van der Waals surface area contributed by atoms with Crippen LogP contribution in [-0.2, 0) is 0 Å². The predicted molar refractivity (Wildman–Crippen MR) is 93.2 cm³/mol. The molecule has 0 radical (unpaired) electrons. The Balaban J connectivity index is 1.72. The second kappa shape index (κ2) is 6.44. The third-order valence-electron chi connectivity index (χ3n) is 3.50. The highest BCUT2D eigenvalue weighted by molar-refractivity contribution is 5.92. The number of nitrogens with zero attached hydrogens (tertiary/aromatic N) is 1. The summed E-state index contributed by atoms with van der Waals surface area (Å²) in [5.41, 5.74) is 5.04. The number of rotatable bonds is 5. The number of aromatic nitrogens is 1. The Bertz CT molecular complexity index is 1000. The Labute approximate surface area is 142 Å². The number of nitrogen functional groups attached to an aromatic ring is 1. The molecule has 3 aromatic rings. The summed E-state index contributed by atoms with van der Waals surface area (Å²) < 4.78 is 5.67. The lowest BCUT2D eigenvalue weighted by Crippen LogP contribution is -2.36. The molecule has 0 unspecified atom stereocenters. The van der Waals surface area contributed by atoms with E-state index in [0.29, 0.717) is 17.2 Å². The van der Waals surface area contributed by atoms with Gasteiger partial charge in [0.25, 0.3) is 16.8 Å². The van der Waals surface area contributed by atoms with E-state index in [1.54, 1.807) is 30.3 Å². The number of anilines is 3. The number of ether oxygens (including phenoxy) is 1. The highest BCUT2D eigenvalue weighted by atomic mass is 16.5. The Morgan fingerprint density at radius 3 is 2.44 bits per heavy atom. The molecule has 0 aliphatic heterocycles. The minimum atomic E-state index is -0.674. The van der Waals surface area contributed by atoms with E-state index in [1.807, 2.05) is 0 Å². The van der Waals surface area contributed by atoms with Crippen LogP contribution in [0.5, 0.6) is 11.5 Å². The maximum Gasteiger partial charge on any atom is 0.269 e. The molecule has 0 saturated heterocycles. The first-order valence-electron chi connectivity index (χ1n) is 7.31. The van der Waals surface area contributed by atoms with Crippen LogP contribution in [0.15, 0.2) is 52.2 Å². The number of amides is 1. The summed E-state index contributed by atoms with van der Waals surface area (Å²) in [6.45, 7) is 0.